The minimum atomic E-state index is 0. The molecule has 2 aliphatic heterocycles. The molecule has 1 aromatic rings. The molecule has 0 bridgehead atoms. The summed E-state index contributed by atoms with van der Waals surface area (Å²) < 4.78 is 0. The Labute approximate surface area is 194 Å². The molecule has 0 aromatic heterocycles. The van der Waals surface area contributed by atoms with Crippen LogP contribution in [0, 0.1) is 5.92 Å². The predicted octanol–water partition coefficient (Wildman–Crippen LogP) is 3.36. The van der Waals surface area contributed by atoms with Crippen molar-refractivity contribution in [2.75, 3.05) is 57.3 Å². The first kappa shape index (κ1) is 28.3. The molecular formula is C21H37Cl3N4O. The van der Waals surface area contributed by atoms with Gasteiger partial charge in [-0.3, -0.25) is 9.69 Å². The van der Waals surface area contributed by atoms with E-state index in [0.29, 0.717) is 6.42 Å². The second-order valence-electron chi connectivity index (χ2n) is 7.60. The topological polar surface area (TPSA) is 47.6 Å². The summed E-state index contributed by atoms with van der Waals surface area (Å²) in [5.41, 5.74) is 1.33. The second kappa shape index (κ2) is 16.0. The summed E-state index contributed by atoms with van der Waals surface area (Å²) in [5.74, 6) is 0.973. The van der Waals surface area contributed by atoms with Crippen molar-refractivity contribution in [3.8, 4) is 0 Å². The molecule has 29 heavy (non-hydrogen) atoms. The van der Waals surface area contributed by atoms with Crippen LogP contribution in [0.5, 0.6) is 0 Å². The third-order valence-corrected chi connectivity index (χ3v) is 5.71. The van der Waals surface area contributed by atoms with Gasteiger partial charge >= 0.3 is 0 Å². The normalized spacial score (nSPS) is 17.4. The van der Waals surface area contributed by atoms with Gasteiger partial charge in [-0.05, 0) is 63.4 Å². The Bertz CT molecular complexity index is 536. The summed E-state index contributed by atoms with van der Waals surface area (Å²) in [4.78, 5) is 17.0. The van der Waals surface area contributed by atoms with Gasteiger partial charge in [-0.15, -0.1) is 37.2 Å². The van der Waals surface area contributed by atoms with Gasteiger partial charge in [0, 0.05) is 44.8 Å². The van der Waals surface area contributed by atoms with Crippen molar-refractivity contribution in [3.05, 3.63) is 30.3 Å². The van der Waals surface area contributed by atoms with Crippen LogP contribution in [0.3, 0.4) is 0 Å². The number of amides is 1. The van der Waals surface area contributed by atoms with Crippen LogP contribution < -0.4 is 15.5 Å². The molecule has 2 N–H and O–H groups in total. The molecule has 1 amide bonds. The molecule has 0 atom stereocenters. The molecule has 2 aliphatic rings. The van der Waals surface area contributed by atoms with E-state index in [-0.39, 0.29) is 43.1 Å². The molecule has 2 fully saturated rings. The zero-order valence-electron chi connectivity index (χ0n) is 17.2. The standard InChI is InChI=1S/C21H34N4O.3ClH/c26-21(8-7-19-9-12-22-13-10-19)23-11-4-14-24-15-17-25(18-16-24)20-5-2-1-3-6-20;;;/h1-3,5-6,19,22H,4,7-18H2,(H,23,26);3*1H. The lowest BCUT2D eigenvalue weighted by Crippen LogP contribution is -2.47. The number of benzene rings is 1. The van der Waals surface area contributed by atoms with E-state index >= 15 is 0 Å². The van der Waals surface area contributed by atoms with Crippen LogP contribution in [-0.2, 0) is 4.79 Å². The number of nitrogens with one attached hydrogen (secondary N) is 2. The molecule has 1 aromatic carbocycles. The summed E-state index contributed by atoms with van der Waals surface area (Å²) in [6.45, 7) is 8.52. The fourth-order valence-electron chi connectivity index (χ4n) is 3.99. The molecule has 2 heterocycles. The third kappa shape index (κ3) is 10.2. The maximum atomic E-state index is 12.0. The fraction of sp³-hybridized carbons (Fsp3) is 0.667. The highest BCUT2D eigenvalue weighted by Crippen LogP contribution is 2.17. The van der Waals surface area contributed by atoms with Gasteiger partial charge in [0.05, 0.1) is 0 Å². The minimum Gasteiger partial charge on any atom is -0.369 e. The molecule has 2 saturated heterocycles. The van der Waals surface area contributed by atoms with Crippen LogP contribution in [0.2, 0.25) is 0 Å². The second-order valence-corrected chi connectivity index (χ2v) is 7.60. The first-order chi connectivity index (χ1) is 12.8. The van der Waals surface area contributed by atoms with E-state index in [0.717, 1.165) is 71.1 Å². The van der Waals surface area contributed by atoms with Crippen LogP contribution in [0.4, 0.5) is 5.69 Å². The van der Waals surface area contributed by atoms with Crippen LogP contribution in [-0.4, -0.2) is 63.2 Å². The van der Waals surface area contributed by atoms with Crippen molar-refractivity contribution in [1.29, 1.82) is 0 Å². The third-order valence-electron chi connectivity index (χ3n) is 5.71. The highest BCUT2D eigenvalue weighted by Gasteiger charge is 2.17. The minimum absolute atomic E-state index is 0. The molecule has 0 spiro atoms. The molecule has 0 saturated carbocycles. The number of rotatable bonds is 8. The zero-order valence-corrected chi connectivity index (χ0v) is 19.6. The van der Waals surface area contributed by atoms with Crippen LogP contribution >= 0.6 is 37.2 Å². The Balaban J connectivity index is 0.00000261. The Morgan fingerprint density at radius 2 is 1.66 bits per heavy atom. The largest absolute Gasteiger partial charge is 0.369 e. The Morgan fingerprint density at radius 3 is 2.31 bits per heavy atom. The van der Waals surface area contributed by atoms with E-state index in [1.54, 1.807) is 0 Å². The maximum absolute atomic E-state index is 12.0. The molecule has 0 aliphatic carbocycles. The lowest BCUT2D eigenvalue weighted by atomic mass is 9.93. The van der Waals surface area contributed by atoms with Crippen molar-refractivity contribution in [3.63, 3.8) is 0 Å². The average molecular weight is 468 g/mol. The van der Waals surface area contributed by atoms with Crippen LogP contribution in [0.25, 0.3) is 0 Å². The number of para-hydroxylation sites is 1. The van der Waals surface area contributed by atoms with Gasteiger partial charge in [-0.1, -0.05) is 18.2 Å². The summed E-state index contributed by atoms with van der Waals surface area (Å²) in [5, 5.41) is 6.48. The van der Waals surface area contributed by atoms with Crippen LogP contribution in [0.15, 0.2) is 30.3 Å². The number of halogens is 3. The Hall–Kier alpha value is -0.720. The van der Waals surface area contributed by atoms with E-state index in [4.69, 9.17) is 0 Å². The number of hydrogen-bond acceptors (Lipinski definition) is 4. The summed E-state index contributed by atoms with van der Waals surface area (Å²) in [6.07, 6.45) is 5.24. The van der Waals surface area contributed by atoms with Crippen molar-refractivity contribution in [1.82, 2.24) is 15.5 Å². The number of hydrogen-bond donors (Lipinski definition) is 2. The molecule has 8 heteroatoms. The lowest BCUT2D eigenvalue weighted by Gasteiger charge is -2.36. The van der Waals surface area contributed by atoms with Gasteiger partial charge < -0.3 is 15.5 Å². The number of anilines is 1. The van der Waals surface area contributed by atoms with E-state index in [1.165, 1.54) is 18.5 Å². The first-order valence-electron chi connectivity index (χ1n) is 10.3. The van der Waals surface area contributed by atoms with Gasteiger partial charge in [-0.25, -0.2) is 0 Å². The molecule has 3 rings (SSSR count). The van der Waals surface area contributed by atoms with Crippen LogP contribution in [0.1, 0.15) is 32.1 Å². The van der Waals surface area contributed by atoms with Gasteiger partial charge in [0.25, 0.3) is 0 Å². The summed E-state index contributed by atoms with van der Waals surface area (Å²) in [7, 11) is 0. The lowest BCUT2D eigenvalue weighted by molar-refractivity contribution is -0.121. The van der Waals surface area contributed by atoms with Gasteiger partial charge in [0.1, 0.15) is 0 Å². The van der Waals surface area contributed by atoms with Gasteiger partial charge in [0.15, 0.2) is 0 Å². The van der Waals surface area contributed by atoms with Crippen molar-refractivity contribution in [2.45, 2.75) is 32.1 Å². The summed E-state index contributed by atoms with van der Waals surface area (Å²) in [6, 6.07) is 10.7. The molecule has 0 unspecified atom stereocenters. The van der Waals surface area contributed by atoms with E-state index in [9.17, 15) is 4.79 Å². The van der Waals surface area contributed by atoms with E-state index < -0.39 is 0 Å². The monoisotopic (exact) mass is 466 g/mol. The predicted molar refractivity (Wildman–Crippen MR) is 129 cm³/mol. The quantitative estimate of drug-likeness (QED) is 0.576. The number of nitrogens with zero attached hydrogens (tertiary/aromatic N) is 2. The Morgan fingerprint density at radius 1 is 1.00 bits per heavy atom. The van der Waals surface area contributed by atoms with Gasteiger partial charge in [-0.2, -0.15) is 0 Å². The maximum Gasteiger partial charge on any atom is 0.220 e. The SMILES string of the molecule is Cl.Cl.Cl.O=C(CCC1CCNCC1)NCCCN1CCN(c2ccccc2)CC1. The van der Waals surface area contributed by atoms with Crippen molar-refractivity contribution in [2.24, 2.45) is 5.92 Å². The molecule has 168 valence electrons. The first-order valence-corrected chi connectivity index (χ1v) is 10.3. The number of carbonyl (C=O) groups is 1. The average Bonchev–Trinajstić information content (AvgIpc) is 2.71. The Kier molecular flexibility index (Phi) is 15.6. The highest BCUT2D eigenvalue weighted by molar-refractivity contribution is 5.86. The summed E-state index contributed by atoms with van der Waals surface area (Å²) >= 11 is 0. The number of carbonyl (C=O) groups excluding carboxylic acids is 1. The smallest absolute Gasteiger partial charge is 0.220 e. The zero-order chi connectivity index (χ0) is 18.0. The molecule has 0 radical (unpaired) electrons. The van der Waals surface area contributed by atoms with Gasteiger partial charge in [0.2, 0.25) is 5.91 Å². The molecule has 5 nitrogen and oxygen atoms in total. The number of piperidine rings is 1. The van der Waals surface area contributed by atoms with Crippen molar-refractivity contribution < 1.29 is 4.79 Å². The highest BCUT2D eigenvalue weighted by atomic mass is 35.5. The van der Waals surface area contributed by atoms with E-state index in [1.807, 2.05) is 0 Å². The molecular weight excluding hydrogens is 431 g/mol. The van der Waals surface area contributed by atoms with Crippen molar-refractivity contribution >= 4 is 48.8 Å². The number of piperazine rings is 1. The van der Waals surface area contributed by atoms with E-state index in [2.05, 4.69) is 50.8 Å². The fourth-order valence-corrected chi connectivity index (χ4v) is 3.99.